The molecule has 0 N–H and O–H groups in total. The van der Waals surface area contributed by atoms with Crippen molar-refractivity contribution in [3.63, 3.8) is 0 Å². The highest BCUT2D eigenvalue weighted by Gasteiger charge is 2.45. The van der Waals surface area contributed by atoms with E-state index in [-0.39, 0.29) is 18.4 Å². The van der Waals surface area contributed by atoms with E-state index < -0.39 is 21.8 Å². The second-order valence-electron chi connectivity index (χ2n) is 8.26. The first kappa shape index (κ1) is 24.3. The van der Waals surface area contributed by atoms with Crippen LogP contribution >= 0.6 is 11.8 Å². The lowest BCUT2D eigenvalue weighted by atomic mass is 9.93. The molecular formula is C25H28N2O5S2. The Morgan fingerprint density at radius 3 is 2.59 bits per heavy atom. The number of allylic oxidation sites excluding steroid dienone is 1. The van der Waals surface area contributed by atoms with E-state index in [1.165, 1.54) is 11.8 Å². The molecule has 2 aromatic rings. The lowest BCUT2D eigenvalue weighted by Crippen LogP contribution is -2.45. The minimum Gasteiger partial charge on any atom is -0.497 e. The van der Waals surface area contributed by atoms with Crippen LogP contribution in [-0.4, -0.2) is 55.7 Å². The van der Waals surface area contributed by atoms with Crippen molar-refractivity contribution in [1.82, 2.24) is 4.90 Å². The average molecular weight is 501 g/mol. The van der Waals surface area contributed by atoms with Gasteiger partial charge >= 0.3 is 5.97 Å². The molecule has 2 heterocycles. The summed E-state index contributed by atoms with van der Waals surface area (Å²) in [5.74, 6) is 0.664. The number of sulfone groups is 1. The fourth-order valence-corrected chi connectivity index (χ4v) is 7.17. The maximum atomic E-state index is 13.3. The molecule has 2 atom stereocenters. The number of thioether (sulfide) groups is 1. The van der Waals surface area contributed by atoms with E-state index in [0.717, 1.165) is 11.1 Å². The smallest absolute Gasteiger partial charge is 0.338 e. The molecule has 2 aliphatic rings. The SMILES string of the molecule is CCOC(=O)C1=C(C)N=C2SCC(CS(=O)(=O)c3ccc(C)cc3)N2C1c1cccc(OC)c1. The van der Waals surface area contributed by atoms with Crippen LogP contribution in [0.3, 0.4) is 0 Å². The van der Waals surface area contributed by atoms with Gasteiger partial charge in [-0.15, -0.1) is 0 Å². The van der Waals surface area contributed by atoms with E-state index in [2.05, 4.69) is 4.99 Å². The Labute approximate surface area is 204 Å². The van der Waals surface area contributed by atoms with Gasteiger partial charge in [-0.25, -0.2) is 18.2 Å². The van der Waals surface area contributed by atoms with Crippen LogP contribution < -0.4 is 4.74 Å². The number of aliphatic imine (C=N–C) groups is 1. The number of methoxy groups -OCH3 is 1. The van der Waals surface area contributed by atoms with Crippen LogP contribution in [0.4, 0.5) is 0 Å². The molecule has 0 bridgehead atoms. The highest BCUT2D eigenvalue weighted by molar-refractivity contribution is 8.14. The Bertz CT molecular complexity index is 1250. The number of fused-ring (bicyclic) bond motifs is 1. The van der Waals surface area contributed by atoms with Crippen LogP contribution in [0.15, 0.2) is 69.7 Å². The first-order valence-electron chi connectivity index (χ1n) is 11.1. The maximum Gasteiger partial charge on any atom is 0.338 e. The van der Waals surface area contributed by atoms with Crippen LogP contribution in [0.2, 0.25) is 0 Å². The number of rotatable bonds is 7. The molecule has 2 aromatic carbocycles. The summed E-state index contributed by atoms with van der Waals surface area (Å²) < 4.78 is 37.4. The summed E-state index contributed by atoms with van der Waals surface area (Å²) in [6.45, 7) is 5.71. The number of benzene rings is 2. The summed E-state index contributed by atoms with van der Waals surface area (Å²) in [5, 5.41) is 0.711. The van der Waals surface area contributed by atoms with Gasteiger partial charge in [0.1, 0.15) is 5.75 Å². The second-order valence-corrected chi connectivity index (χ2v) is 11.3. The molecular weight excluding hydrogens is 472 g/mol. The van der Waals surface area contributed by atoms with Gasteiger partial charge in [0.05, 0.1) is 47.7 Å². The topological polar surface area (TPSA) is 85.3 Å². The molecule has 9 heteroatoms. The summed E-state index contributed by atoms with van der Waals surface area (Å²) in [4.78, 5) is 20.0. The highest BCUT2D eigenvalue weighted by Crippen LogP contribution is 2.44. The van der Waals surface area contributed by atoms with Gasteiger partial charge in [-0.05, 0) is 50.6 Å². The lowest BCUT2D eigenvalue weighted by molar-refractivity contribution is -0.139. The fourth-order valence-electron chi connectivity index (χ4n) is 4.26. The Balaban J connectivity index is 1.77. The average Bonchev–Trinajstić information content (AvgIpc) is 3.19. The summed E-state index contributed by atoms with van der Waals surface area (Å²) in [7, 11) is -1.97. The van der Waals surface area contributed by atoms with Crippen molar-refractivity contribution in [2.24, 2.45) is 4.99 Å². The van der Waals surface area contributed by atoms with Gasteiger partial charge in [0.15, 0.2) is 15.0 Å². The molecule has 0 aliphatic carbocycles. The highest BCUT2D eigenvalue weighted by atomic mass is 32.2. The molecule has 0 amide bonds. The number of hydrogen-bond acceptors (Lipinski definition) is 8. The molecule has 0 spiro atoms. The van der Waals surface area contributed by atoms with Crippen molar-refractivity contribution in [3.8, 4) is 5.75 Å². The van der Waals surface area contributed by atoms with E-state index in [1.807, 2.05) is 36.1 Å². The molecule has 1 fully saturated rings. The number of esters is 1. The molecule has 180 valence electrons. The molecule has 0 saturated carbocycles. The maximum absolute atomic E-state index is 13.3. The number of ether oxygens (including phenoxy) is 2. The predicted octanol–water partition coefficient (Wildman–Crippen LogP) is 4.14. The molecule has 7 nitrogen and oxygen atoms in total. The standard InChI is InChI=1S/C25H28N2O5S2/c1-5-32-24(28)22-17(3)26-25-27(23(22)18-7-6-8-20(13-18)31-4)19(14-33-25)15-34(29,30)21-11-9-16(2)10-12-21/h6-13,19,23H,5,14-15H2,1-4H3. The number of amidine groups is 1. The Hall–Kier alpha value is -2.78. The van der Waals surface area contributed by atoms with Gasteiger partial charge in [0.25, 0.3) is 0 Å². The van der Waals surface area contributed by atoms with Gasteiger partial charge in [-0.3, -0.25) is 0 Å². The number of nitrogens with zero attached hydrogens (tertiary/aromatic N) is 2. The summed E-state index contributed by atoms with van der Waals surface area (Å²) in [6, 6.07) is 13.5. The minimum atomic E-state index is -3.56. The first-order chi connectivity index (χ1) is 16.2. The van der Waals surface area contributed by atoms with Crippen molar-refractivity contribution in [2.45, 2.75) is 37.8 Å². The number of aryl methyl sites for hydroxylation is 1. The van der Waals surface area contributed by atoms with Crippen molar-refractivity contribution in [1.29, 1.82) is 0 Å². The van der Waals surface area contributed by atoms with E-state index in [4.69, 9.17) is 9.47 Å². The minimum absolute atomic E-state index is 0.0856. The fraction of sp³-hybridized carbons (Fsp3) is 0.360. The van der Waals surface area contributed by atoms with Crippen molar-refractivity contribution >= 4 is 32.7 Å². The Morgan fingerprint density at radius 2 is 1.91 bits per heavy atom. The molecule has 2 aliphatic heterocycles. The van der Waals surface area contributed by atoms with E-state index >= 15 is 0 Å². The molecule has 4 rings (SSSR count). The quantitative estimate of drug-likeness (QED) is 0.528. The van der Waals surface area contributed by atoms with E-state index in [9.17, 15) is 13.2 Å². The van der Waals surface area contributed by atoms with Crippen LogP contribution in [0.25, 0.3) is 0 Å². The zero-order valence-corrected chi connectivity index (χ0v) is 21.3. The molecule has 2 unspecified atom stereocenters. The summed E-state index contributed by atoms with van der Waals surface area (Å²) >= 11 is 1.51. The van der Waals surface area contributed by atoms with E-state index in [0.29, 0.717) is 32.8 Å². The summed E-state index contributed by atoms with van der Waals surface area (Å²) in [5.41, 5.74) is 2.80. The van der Waals surface area contributed by atoms with Crippen LogP contribution in [0, 0.1) is 6.92 Å². The predicted molar refractivity (Wildman–Crippen MR) is 134 cm³/mol. The monoisotopic (exact) mass is 500 g/mol. The van der Waals surface area contributed by atoms with Crippen molar-refractivity contribution in [3.05, 3.63) is 70.9 Å². The van der Waals surface area contributed by atoms with Crippen LogP contribution in [0.5, 0.6) is 5.75 Å². The molecule has 0 radical (unpaired) electrons. The van der Waals surface area contributed by atoms with Crippen LogP contribution in [0.1, 0.15) is 31.0 Å². The number of carbonyl (C=O) groups excluding carboxylic acids is 1. The zero-order valence-electron chi connectivity index (χ0n) is 19.6. The zero-order chi connectivity index (χ0) is 24.5. The van der Waals surface area contributed by atoms with Crippen molar-refractivity contribution in [2.75, 3.05) is 25.2 Å². The van der Waals surface area contributed by atoms with Gasteiger partial charge < -0.3 is 14.4 Å². The Morgan fingerprint density at radius 1 is 1.18 bits per heavy atom. The molecule has 1 saturated heterocycles. The van der Waals surface area contributed by atoms with Gasteiger partial charge in [0, 0.05) is 5.75 Å². The largest absolute Gasteiger partial charge is 0.497 e. The van der Waals surface area contributed by atoms with Gasteiger partial charge in [-0.1, -0.05) is 41.6 Å². The second kappa shape index (κ2) is 9.84. The van der Waals surface area contributed by atoms with E-state index in [1.54, 1.807) is 45.2 Å². The van der Waals surface area contributed by atoms with Crippen LogP contribution in [-0.2, 0) is 19.4 Å². The lowest BCUT2D eigenvalue weighted by Gasteiger charge is -2.38. The third kappa shape index (κ3) is 4.72. The molecule has 34 heavy (non-hydrogen) atoms. The third-order valence-corrected chi connectivity index (χ3v) is 8.85. The first-order valence-corrected chi connectivity index (χ1v) is 13.7. The van der Waals surface area contributed by atoms with Gasteiger partial charge in [0.2, 0.25) is 0 Å². The molecule has 0 aromatic heterocycles. The number of carbonyl (C=O) groups is 1. The Kier molecular flexibility index (Phi) is 7.04. The van der Waals surface area contributed by atoms with Gasteiger partial charge in [-0.2, -0.15) is 0 Å². The normalized spacial score (nSPS) is 20.1. The summed E-state index contributed by atoms with van der Waals surface area (Å²) in [6.07, 6.45) is 0. The van der Waals surface area contributed by atoms with Crippen molar-refractivity contribution < 1.29 is 22.7 Å². The third-order valence-electron chi connectivity index (χ3n) is 5.92. The number of hydrogen-bond donors (Lipinski definition) is 0.